The standard InChI is InChI=1S/C25H22N2O5/c1-15(28)18-8-4-6-10-21(18)26-24(30)17-12-13-23(32-3)20(14-17)25(31)27-22-11-7-5-9-19(22)16(2)29/h4-14H,1-3H3,(H,26,30)(H,27,31). The number of ketones is 2. The van der Waals surface area contributed by atoms with E-state index in [1.807, 2.05) is 0 Å². The van der Waals surface area contributed by atoms with Gasteiger partial charge in [-0.1, -0.05) is 24.3 Å². The van der Waals surface area contributed by atoms with Gasteiger partial charge in [0.25, 0.3) is 11.8 Å². The molecular formula is C25H22N2O5. The zero-order chi connectivity index (χ0) is 23.3. The third kappa shape index (κ3) is 4.89. The molecule has 2 N–H and O–H groups in total. The fourth-order valence-corrected chi connectivity index (χ4v) is 3.21. The monoisotopic (exact) mass is 430 g/mol. The number of rotatable bonds is 7. The van der Waals surface area contributed by atoms with E-state index in [9.17, 15) is 19.2 Å². The minimum atomic E-state index is -0.533. The van der Waals surface area contributed by atoms with Crippen LogP contribution in [0.1, 0.15) is 55.3 Å². The van der Waals surface area contributed by atoms with E-state index in [0.717, 1.165) is 0 Å². The molecule has 162 valence electrons. The van der Waals surface area contributed by atoms with Gasteiger partial charge in [-0.15, -0.1) is 0 Å². The van der Waals surface area contributed by atoms with Gasteiger partial charge >= 0.3 is 0 Å². The first-order chi connectivity index (χ1) is 15.3. The molecule has 0 saturated heterocycles. The van der Waals surface area contributed by atoms with Crippen LogP contribution in [-0.4, -0.2) is 30.5 Å². The lowest BCUT2D eigenvalue weighted by Crippen LogP contribution is -2.18. The highest BCUT2D eigenvalue weighted by Crippen LogP contribution is 2.24. The number of nitrogens with one attached hydrogen (secondary N) is 2. The van der Waals surface area contributed by atoms with Gasteiger partial charge in [0.15, 0.2) is 11.6 Å². The molecule has 3 rings (SSSR count). The molecular weight excluding hydrogens is 408 g/mol. The van der Waals surface area contributed by atoms with Crippen molar-refractivity contribution in [3.8, 4) is 5.75 Å². The summed E-state index contributed by atoms with van der Waals surface area (Å²) in [7, 11) is 1.42. The molecule has 0 aliphatic carbocycles. The number of ether oxygens (including phenoxy) is 1. The van der Waals surface area contributed by atoms with Crippen molar-refractivity contribution in [1.29, 1.82) is 0 Å². The molecule has 32 heavy (non-hydrogen) atoms. The van der Waals surface area contributed by atoms with Crippen LogP contribution in [0.25, 0.3) is 0 Å². The molecule has 3 aromatic carbocycles. The molecule has 7 heteroatoms. The van der Waals surface area contributed by atoms with Crippen molar-refractivity contribution in [2.24, 2.45) is 0 Å². The normalized spacial score (nSPS) is 10.2. The van der Waals surface area contributed by atoms with Gasteiger partial charge in [0.05, 0.1) is 24.0 Å². The average molecular weight is 430 g/mol. The Morgan fingerprint density at radius 2 is 1.16 bits per heavy atom. The highest BCUT2D eigenvalue weighted by atomic mass is 16.5. The van der Waals surface area contributed by atoms with Crippen LogP contribution in [0.15, 0.2) is 66.7 Å². The lowest BCUT2D eigenvalue weighted by atomic mass is 10.1. The molecule has 2 amide bonds. The molecule has 0 spiro atoms. The van der Waals surface area contributed by atoms with Gasteiger partial charge in [0.1, 0.15) is 5.75 Å². The fourth-order valence-electron chi connectivity index (χ4n) is 3.21. The molecule has 0 aliphatic heterocycles. The number of carbonyl (C=O) groups excluding carboxylic acids is 4. The van der Waals surface area contributed by atoms with Crippen molar-refractivity contribution < 1.29 is 23.9 Å². The lowest BCUT2D eigenvalue weighted by Gasteiger charge is -2.13. The van der Waals surface area contributed by atoms with Crippen LogP contribution >= 0.6 is 0 Å². The Morgan fingerprint density at radius 1 is 0.656 bits per heavy atom. The summed E-state index contributed by atoms with van der Waals surface area (Å²) in [5, 5.41) is 5.42. The van der Waals surface area contributed by atoms with E-state index in [4.69, 9.17) is 4.74 Å². The van der Waals surface area contributed by atoms with Crippen LogP contribution in [-0.2, 0) is 0 Å². The van der Waals surface area contributed by atoms with Crippen molar-refractivity contribution in [2.45, 2.75) is 13.8 Å². The van der Waals surface area contributed by atoms with E-state index in [2.05, 4.69) is 10.6 Å². The summed E-state index contributed by atoms with van der Waals surface area (Å²) in [5.41, 5.74) is 1.81. The quantitative estimate of drug-likeness (QED) is 0.533. The summed E-state index contributed by atoms with van der Waals surface area (Å²) in [5.74, 6) is -1.12. The summed E-state index contributed by atoms with van der Waals surface area (Å²) in [6.45, 7) is 2.83. The number of hydrogen-bond donors (Lipinski definition) is 2. The average Bonchev–Trinajstić information content (AvgIpc) is 2.79. The first-order valence-corrected chi connectivity index (χ1v) is 9.82. The molecule has 0 bridgehead atoms. The van der Waals surface area contributed by atoms with Crippen LogP contribution in [0.3, 0.4) is 0 Å². The first kappa shape index (κ1) is 22.4. The Hall–Kier alpha value is -4.26. The van der Waals surface area contributed by atoms with Crippen molar-refractivity contribution in [2.75, 3.05) is 17.7 Å². The summed E-state index contributed by atoms with van der Waals surface area (Å²) in [6, 6.07) is 17.7. The van der Waals surface area contributed by atoms with Crippen LogP contribution in [0.4, 0.5) is 11.4 Å². The van der Waals surface area contributed by atoms with E-state index in [-0.39, 0.29) is 28.4 Å². The maximum atomic E-state index is 13.0. The van der Waals surface area contributed by atoms with Gasteiger partial charge in [-0.25, -0.2) is 0 Å². The van der Waals surface area contributed by atoms with E-state index in [1.54, 1.807) is 48.5 Å². The van der Waals surface area contributed by atoms with E-state index in [1.165, 1.54) is 39.2 Å². The molecule has 7 nitrogen and oxygen atoms in total. The molecule has 0 heterocycles. The van der Waals surface area contributed by atoms with Gasteiger partial charge in [-0.05, 0) is 56.3 Å². The lowest BCUT2D eigenvalue weighted by molar-refractivity contribution is 0.100. The maximum absolute atomic E-state index is 13.0. The number of carbonyl (C=O) groups is 4. The highest BCUT2D eigenvalue weighted by molar-refractivity contribution is 6.13. The number of para-hydroxylation sites is 2. The highest BCUT2D eigenvalue weighted by Gasteiger charge is 2.19. The van der Waals surface area contributed by atoms with Crippen LogP contribution in [0.2, 0.25) is 0 Å². The molecule has 0 aromatic heterocycles. The summed E-state index contributed by atoms with van der Waals surface area (Å²) >= 11 is 0. The largest absolute Gasteiger partial charge is 0.496 e. The molecule has 3 aromatic rings. The smallest absolute Gasteiger partial charge is 0.259 e. The predicted molar refractivity (Wildman–Crippen MR) is 122 cm³/mol. The summed E-state index contributed by atoms with van der Waals surface area (Å²) in [4.78, 5) is 49.5. The molecule has 0 aliphatic rings. The zero-order valence-electron chi connectivity index (χ0n) is 17.9. The number of benzene rings is 3. The van der Waals surface area contributed by atoms with Crippen molar-refractivity contribution in [1.82, 2.24) is 0 Å². The maximum Gasteiger partial charge on any atom is 0.259 e. The minimum Gasteiger partial charge on any atom is -0.496 e. The Bertz CT molecular complexity index is 1220. The van der Waals surface area contributed by atoms with Gasteiger partial charge in [-0.3, -0.25) is 19.2 Å². The van der Waals surface area contributed by atoms with Crippen molar-refractivity contribution in [3.05, 3.63) is 89.0 Å². The van der Waals surface area contributed by atoms with Gasteiger partial charge < -0.3 is 15.4 Å². The predicted octanol–water partition coefficient (Wildman–Crippen LogP) is 4.61. The fraction of sp³-hybridized carbons (Fsp3) is 0.120. The number of methoxy groups -OCH3 is 1. The van der Waals surface area contributed by atoms with Gasteiger partial charge in [-0.2, -0.15) is 0 Å². The number of amides is 2. The molecule has 0 fully saturated rings. The zero-order valence-corrected chi connectivity index (χ0v) is 17.9. The third-order valence-corrected chi connectivity index (χ3v) is 4.82. The molecule has 0 radical (unpaired) electrons. The second kappa shape index (κ2) is 9.70. The topological polar surface area (TPSA) is 102 Å². The molecule has 0 atom stereocenters. The third-order valence-electron chi connectivity index (χ3n) is 4.82. The Kier molecular flexibility index (Phi) is 6.80. The number of anilines is 2. The van der Waals surface area contributed by atoms with E-state index >= 15 is 0 Å². The van der Waals surface area contributed by atoms with Crippen LogP contribution in [0, 0.1) is 0 Å². The van der Waals surface area contributed by atoms with Gasteiger partial charge in [0, 0.05) is 16.7 Å². The van der Waals surface area contributed by atoms with Gasteiger partial charge in [0.2, 0.25) is 0 Å². The van der Waals surface area contributed by atoms with Crippen LogP contribution < -0.4 is 15.4 Å². The minimum absolute atomic E-state index is 0.123. The molecule has 0 saturated carbocycles. The van der Waals surface area contributed by atoms with Crippen LogP contribution in [0.5, 0.6) is 5.75 Å². The first-order valence-electron chi connectivity index (χ1n) is 9.82. The number of hydrogen-bond acceptors (Lipinski definition) is 5. The Morgan fingerprint density at radius 3 is 1.66 bits per heavy atom. The number of Topliss-reactive ketones (excluding diaryl/α,β-unsaturated/α-hetero) is 2. The SMILES string of the molecule is COc1ccc(C(=O)Nc2ccccc2C(C)=O)cc1C(=O)Nc1ccccc1C(C)=O. The summed E-state index contributed by atoms with van der Waals surface area (Å²) < 4.78 is 5.28. The second-order valence-electron chi connectivity index (χ2n) is 7.03. The van der Waals surface area contributed by atoms with Crippen molar-refractivity contribution in [3.63, 3.8) is 0 Å². The summed E-state index contributed by atoms with van der Waals surface area (Å²) in [6.07, 6.45) is 0. The molecule has 0 unspecified atom stereocenters. The Labute approximate surface area is 185 Å². The van der Waals surface area contributed by atoms with E-state index in [0.29, 0.717) is 22.5 Å². The van der Waals surface area contributed by atoms with Crippen molar-refractivity contribution >= 4 is 34.8 Å². The van der Waals surface area contributed by atoms with E-state index < -0.39 is 11.8 Å². The second-order valence-corrected chi connectivity index (χ2v) is 7.03. The Balaban J connectivity index is 1.91.